The molecule has 0 radical (unpaired) electrons. The maximum absolute atomic E-state index is 13.4. The predicted molar refractivity (Wildman–Crippen MR) is 95.0 cm³/mol. The Hall–Kier alpha value is -2.44. The lowest BCUT2D eigenvalue weighted by Gasteiger charge is -2.07. The minimum absolute atomic E-state index is 0.0822. The van der Waals surface area contributed by atoms with Crippen LogP contribution in [0, 0.1) is 5.82 Å². The van der Waals surface area contributed by atoms with E-state index in [0.717, 1.165) is 16.9 Å². The summed E-state index contributed by atoms with van der Waals surface area (Å²) in [7, 11) is 0. The summed E-state index contributed by atoms with van der Waals surface area (Å²) in [6.07, 6.45) is 3.44. The number of benzene rings is 1. The molecule has 0 saturated heterocycles. The third-order valence-electron chi connectivity index (χ3n) is 3.66. The van der Waals surface area contributed by atoms with Gasteiger partial charge in [0, 0.05) is 16.6 Å². The molecular weight excluding hydrogens is 347 g/mol. The van der Waals surface area contributed by atoms with Crippen LogP contribution in [0.3, 0.4) is 0 Å². The van der Waals surface area contributed by atoms with Crippen molar-refractivity contribution in [3.63, 3.8) is 0 Å². The molecule has 4 nitrogen and oxygen atoms in total. The number of thiophene rings is 1. The zero-order chi connectivity index (χ0) is 16.5. The van der Waals surface area contributed by atoms with Crippen molar-refractivity contribution in [2.45, 2.75) is 6.54 Å². The average molecular weight is 359 g/mol. The van der Waals surface area contributed by atoms with Gasteiger partial charge in [0.15, 0.2) is 5.65 Å². The Bertz CT molecular complexity index is 997. The molecule has 0 amide bonds. The first kappa shape index (κ1) is 15.1. The predicted octanol–water partition coefficient (Wildman–Crippen LogP) is 4.86. The average Bonchev–Trinajstić information content (AvgIpc) is 3.25. The summed E-state index contributed by atoms with van der Waals surface area (Å²) in [5, 5.41) is 9.89. The molecule has 120 valence electrons. The first-order chi connectivity index (χ1) is 11.7. The number of aromatic nitrogens is 3. The third-order valence-corrected chi connectivity index (χ3v) is 4.82. The van der Waals surface area contributed by atoms with Crippen LogP contribution in [0.25, 0.3) is 16.8 Å². The summed E-state index contributed by atoms with van der Waals surface area (Å²) >= 11 is 7.58. The molecule has 4 rings (SSSR count). The number of nitrogens with one attached hydrogen (secondary N) is 1. The molecule has 0 aliphatic heterocycles. The number of fused-ring (bicyclic) bond motifs is 1. The van der Waals surface area contributed by atoms with Crippen LogP contribution in [0.5, 0.6) is 0 Å². The monoisotopic (exact) mass is 358 g/mol. The van der Waals surface area contributed by atoms with E-state index in [1.165, 1.54) is 10.9 Å². The molecule has 0 atom stereocenters. The highest BCUT2D eigenvalue weighted by molar-refractivity contribution is 7.09. The molecule has 3 aromatic heterocycles. The number of rotatable bonds is 4. The SMILES string of the molecule is Fc1ccc(-c2cnn3c(NCc4cccs4)ccnc23)cc1Cl. The highest BCUT2D eigenvalue weighted by atomic mass is 35.5. The van der Waals surface area contributed by atoms with Gasteiger partial charge in [-0.15, -0.1) is 11.3 Å². The van der Waals surface area contributed by atoms with Crippen molar-refractivity contribution < 1.29 is 4.39 Å². The van der Waals surface area contributed by atoms with Gasteiger partial charge < -0.3 is 5.32 Å². The number of nitrogens with zero attached hydrogens (tertiary/aromatic N) is 3. The van der Waals surface area contributed by atoms with Crippen LogP contribution >= 0.6 is 22.9 Å². The fourth-order valence-corrected chi connectivity index (χ4v) is 3.31. The van der Waals surface area contributed by atoms with E-state index in [0.29, 0.717) is 12.2 Å². The summed E-state index contributed by atoms with van der Waals surface area (Å²) in [4.78, 5) is 5.64. The lowest BCUT2D eigenvalue weighted by Crippen LogP contribution is -2.04. The van der Waals surface area contributed by atoms with Crippen LogP contribution in [0.4, 0.5) is 10.2 Å². The van der Waals surface area contributed by atoms with E-state index in [9.17, 15) is 4.39 Å². The van der Waals surface area contributed by atoms with Crippen LogP contribution in [-0.4, -0.2) is 14.6 Å². The minimum atomic E-state index is -0.442. The van der Waals surface area contributed by atoms with Crippen LogP contribution in [-0.2, 0) is 6.54 Å². The first-order valence-electron chi connectivity index (χ1n) is 7.27. The number of anilines is 1. The summed E-state index contributed by atoms with van der Waals surface area (Å²) < 4.78 is 15.1. The quantitative estimate of drug-likeness (QED) is 0.566. The van der Waals surface area contributed by atoms with Gasteiger partial charge >= 0.3 is 0 Å². The molecule has 24 heavy (non-hydrogen) atoms. The number of halogens is 2. The van der Waals surface area contributed by atoms with Gasteiger partial charge in [0.25, 0.3) is 0 Å². The van der Waals surface area contributed by atoms with Gasteiger partial charge in [-0.25, -0.2) is 9.37 Å². The second-order valence-corrected chi connectivity index (χ2v) is 6.62. The summed E-state index contributed by atoms with van der Waals surface area (Å²) in [6, 6.07) is 10.6. The second-order valence-electron chi connectivity index (χ2n) is 5.19. The van der Waals surface area contributed by atoms with Gasteiger partial charge in [0.1, 0.15) is 11.6 Å². The highest BCUT2D eigenvalue weighted by Crippen LogP contribution is 2.28. The van der Waals surface area contributed by atoms with Gasteiger partial charge in [-0.3, -0.25) is 0 Å². The van der Waals surface area contributed by atoms with Crippen molar-refractivity contribution in [2.24, 2.45) is 0 Å². The fraction of sp³-hybridized carbons (Fsp3) is 0.0588. The van der Waals surface area contributed by atoms with Gasteiger partial charge in [0.05, 0.1) is 17.8 Å². The number of hydrogen-bond donors (Lipinski definition) is 1. The van der Waals surface area contributed by atoms with E-state index in [1.54, 1.807) is 40.4 Å². The Kier molecular flexibility index (Phi) is 3.92. The van der Waals surface area contributed by atoms with Crippen molar-refractivity contribution >= 4 is 34.4 Å². The largest absolute Gasteiger partial charge is 0.365 e. The van der Waals surface area contributed by atoms with Crippen molar-refractivity contribution in [1.29, 1.82) is 0 Å². The topological polar surface area (TPSA) is 42.2 Å². The van der Waals surface area contributed by atoms with E-state index >= 15 is 0 Å². The summed E-state index contributed by atoms with van der Waals surface area (Å²) in [6.45, 7) is 0.717. The zero-order valence-corrected chi connectivity index (χ0v) is 14.0. The molecule has 1 N–H and O–H groups in total. The normalized spacial score (nSPS) is 11.1. The molecule has 4 aromatic rings. The lowest BCUT2D eigenvalue weighted by atomic mass is 10.1. The zero-order valence-electron chi connectivity index (χ0n) is 12.4. The fourth-order valence-electron chi connectivity index (χ4n) is 2.48. The first-order valence-corrected chi connectivity index (χ1v) is 8.52. The standard InChI is InChI=1S/C17H12ClFN4S/c18-14-8-11(3-4-15(14)19)13-10-22-23-16(5-6-20-17(13)23)21-9-12-2-1-7-24-12/h1-8,10,21H,9H2. The van der Waals surface area contributed by atoms with Gasteiger partial charge in [-0.1, -0.05) is 23.7 Å². The Balaban J connectivity index is 1.71. The molecule has 0 bridgehead atoms. The van der Waals surface area contributed by atoms with Crippen LogP contribution in [0.1, 0.15) is 4.88 Å². The van der Waals surface area contributed by atoms with Crippen molar-refractivity contribution in [3.8, 4) is 11.1 Å². The van der Waals surface area contributed by atoms with E-state index in [4.69, 9.17) is 11.6 Å². The molecule has 3 heterocycles. The molecule has 7 heteroatoms. The van der Waals surface area contributed by atoms with E-state index in [-0.39, 0.29) is 5.02 Å². The van der Waals surface area contributed by atoms with Gasteiger partial charge in [-0.05, 0) is 35.2 Å². The molecule has 0 aliphatic carbocycles. The summed E-state index contributed by atoms with van der Waals surface area (Å²) in [5.74, 6) is 0.399. The molecule has 0 fully saturated rings. The maximum atomic E-state index is 13.4. The minimum Gasteiger partial charge on any atom is -0.365 e. The Morgan fingerprint density at radius 1 is 1.25 bits per heavy atom. The number of hydrogen-bond acceptors (Lipinski definition) is 4. The molecule has 0 spiro atoms. The molecular formula is C17H12ClFN4S. The Morgan fingerprint density at radius 2 is 2.17 bits per heavy atom. The summed E-state index contributed by atoms with van der Waals surface area (Å²) in [5.41, 5.74) is 2.27. The van der Waals surface area contributed by atoms with Gasteiger partial charge in [-0.2, -0.15) is 9.61 Å². The molecule has 0 aliphatic rings. The van der Waals surface area contributed by atoms with E-state index < -0.39 is 5.82 Å². The Morgan fingerprint density at radius 3 is 2.96 bits per heavy atom. The second kappa shape index (κ2) is 6.22. The van der Waals surface area contributed by atoms with Crippen LogP contribution in [0.15, 0.2) is 54.2 Å². The van der Waals surface area contributed by atoms with Crippen molar-refractivity contribution in [1.82, 2.24) is 14.6 Å². The molecule has 1 aromatic carbocycles. The highest BCUT2D eigenvalue weighted by Gasteiger charge is 2.12. The van der Waals surface area contributed by atoms with Gasteiger partial charge in [0.2, 0.25) is 0 Å². The third kappa shape index (κ3) is 2.74. The maximum Gasteiger partial charge on any atom is 0.165 e. The van der Waals surface area contributed by atoms with Crippen LogP contribution < -0.4 is 5.32 Å². The molecule has 0 unspecified atom stereocenters. The van der Waals surface area contributed by atoms with Crippen LogP contribution in [0.2, 0.25) is 5.02 Å². The van der Waals surface area contributed by atoms with Crippen molar-refractivity contribution in [3.05, 3.63) is 69.9 Å². The van der Waals surface area contributed by atoms with E-state index in [1.807, 2.05) is 17.5 Å². The molecule has 0 saturated carbocycles. The van der Waals surface area contributed by atoms with E-state index in [2.05, 4.69) is 21.5 Å². The smallest absolute Gasteiger partial charge is 0.165 e. The Labute approximate surface area is 146 Å². The lowest BCUT2D eigenvalue weighted by molar-refractivity contribution is 0.628. The van der Waals surface area contributed by atoms with Crippen molar-refractivity contribution in [2.75, 3.05) is 5.32 Å².